The Bertz CT molecular complexity index is 1570. The van der Waals surface area contributed by atoms with Crippen LogP contribution in [-0.2, 0) is 11.2 Å². The molecule has 1 atom stereocenters. The molecule has 2 aromatic heterocycles. The lowest BCUT2D eigenvalue weighted by Crippen LogP contribution is -2.46. The molecule has 4 aromatic rings. The van der Waals surface area contributed by atoms with Gasteiger partial charge in [-0.3, -0.25) is 9.78 Å². The Kier molecular flexibility index (Phi) is 8.44. The summed E-state index contributed by atoms with van der Waals surface area (Å²) in [5.74, 6) is -0.611. The van der Waals surface area contributed by atoms with E-state index >= 15 is 0 Å². The second kappa shape index (κ2) is 12.2. The monoisotopic (exact) mass is 576 g/mol. The van der Waals surface area contributed by atoms with Crippen molar-refractivity contribution in [1.82, 2.24) is 20.1 Å². The molecule has 1 fully saturated rings. The number of halogens is 1. The number of hydrogen-bond donors (Lipinski definition) is 2. The van der Waals surface area contributed by atoms with Gasteiger partial charge in [-0.15, -0.1) is 0 Å². The second-order valence-electron chi connectivity index (χ2n) is 10.2. The highest BCUT2D eigenvalue weighted by molar-refractivity contribution is 6.31. The second-order valence-corrected chi connectivity index (χ2v) is 10.6. The molecule has 0 unspecified atom stereocenters. The summed E-state index contributed by atoms with van der Waals surface area (Å²) in [5.41, 5.74) is 3.36. The number of aliphatic carboxylic acids is 1. The third-order valence-electron chi connectivity index (χ3n) is 7.80. The van der Waals surface area contributed by atoms with E-state index in [1.807, 2.05) is 37.3 Å². The number of benzene rings is 2. The van der Waals surface area contributed by atoms with E-state index in [1.165, 1.54) is 0 Å². The maximum atomic E-state index is 13.9. The third kappa shape index (κ3) is 5.46. The molecule has 1 amide bonds. The van der Waals surface area contributed by atoms with Crippen molar-refractivity contribution in [3.8, 4) is 28.4 Å². The van der Waals surface area contributed by atoms with Gasteiger partial charge < -0.3 is 19.9 Å². The topological polar surface area (TPSA) is 116 Å². The van der Waals surface area contributed by atoms with Crippen LogP contribution < -0.4 is 14.8 Å². The molecule has 41 heavy (non-hydrogen) atoms. The van der Waals surface area contributed by atoms with Crippen LogP contribution in [0.4, 0.5) is 0 Å². The largest absolute Gasteiger partial charge is 0.496 e. The fourth-order valence-electron chi connectivity index (χ4n) is 5.83. The number of carbonyl (C=O) groups excluding carboxylic acids is 1. The van der Waals surface area contributed by atoms with E-state index in [1.54, 1.807) is 37.2 Å². The Labute approximate surface area is 243 Å². The lowest BCUT2D eigenvalue weighted by Gasteiger charge is -2.27. The molecule has 2 heterocycles. The summed E-state index contributed by atoms with van der Waals surface area (Å²) in [6.07, 6.45) is 6.62. The Morgan fingerprint density at radius 1 is 1.10 bits per heavy atom. The SMILES string of the molecule is CCc1c(C(=O)N[C@H](C(=O)O)C2CCCCC2)nn(-c2ccnc3cc(Cl)ccc23)c1-c1c(OC)cccc1OC. The first kappa shape index (κ1) is 28.4. The molecule has 214 valence electrons. The van der Waals surface area contributed by atoms with Crippen LogP contribution in [0.1, 0.15) is 55.1 Å². The van der Waals surface area contributed by atoms with Gasteiger partial charge in [-0.05, 0) is 61.6 Å². The van der Waals surface area contributed by atoms with Crippen molar-refractivity contribution in [3.05, 3.63) is 64.9 Å². The average molecular weight is 577 g/mol. The molecule has 10 heteroatoms. The van der Waals surface area contributed by atoms with Crippen molar-refractivity contribution in [2.75, 3.05) is 14.2 Å². The lowest BCUT2D eigenvalue weighted by molar-refractivity contribution is -0.141. The van der Waals surface area contributed by atoms with Gasteiger partial charge in [0.1, 0.15) is 17.5 Å². The number of rotatable bonds is 9. The standard InChI is InChI=1S/C31H33ClN4O5/c1-4-20-28(30(37)34-27(31(38)39)18-9-6-5-7-10-18)35-36(23-15-16-33-22-17-19(32)13-14-21(22)23)29(20)26-24(40-2)11-8-12-25(26)41-3/h8,11-18,27H,4-7,9-10H2,1-3H3,(H,34,37)(H,38,39)/t27-/m0/s1. The Balaban J connectivity index is 1.74. The van der Waals surface area contributed by atoms with Gasteiger partial charge in [0.2, 0.25) is 0 Å². The highest BCUT2D eigenvalue weighted by atomic mass is 35.5. The maximum absolute atomic E-state index is 13.9. The van der Waals surface area contributed by atoms with Crippen LogP contribution in [0.15, 0.2) is 48.7 Å². The summed E-state index contributed by atoms with van der Waals surface area (Å²) in [4.78, 5) is 30.6. The van der Waals surface area contributed by atoms with Gasteiger partial charge in [0.25, 0.3) is 5.91 Å². The maximum Gasteiger partial charge on any atom is 0.326 e. The van der Waals surface area contributed by atoms with E-state index in [4.69, 9.17) is 26.2 Å². The molecule has 1 saturated carbocycles. The van der Waals surface area contributed by atoms with Crippen LogP contribution in [0.25, 0.3) is 27.8 Å². The van der Waals surface area contributed by atoms with Crippen LogP contribution in [0.3, 0.4) is 0 Å². The average Bonchev–Trinajstić information content (AvgIpc) is 3.38. The van der Waals surface area contributed by atoms with Crippen LogP contribution in [0, 0.1) is 5.92 Å². The summed E-state index contributed by atoms with van der Waals surface area (Å²) in [6.45, 7) is 1.93. The van der Waals surface area contributed by atoms with Crippen molar-refractivity contribution in [2.24, 2.45) is 5.92 Å². The molecule has 2 N–H and O–H groups in total. The van der Waals surface area contributed by atoms with Crippen molar-refractivity contribution >= 4 is 34.4 Å². The predicted molar refractivity (Wildman–Crippen MR) is 157 cm³/mol. The van der Waals surface area contributed by atoms with Gasteiger partial charge >= 0.3 is 5.97 Å². The molecule has 0 aliphatic heterocycles. The number of pyridine rings is 1. The third-order valence-corrected chi connectivity index (χ3v) is 8.04. The van der Waals surface area contributed by atoms with E-state index < -0.39 is 17.9 Å². The number of carbonyl (C=O) groups is 2. The molecule has 2 aromatic carbocycles. The normalized spacial score (nSPS) is 14.5. The minimum absolute atomic E-state index is 0.125. The Morgan fingerprint density at radius 3 is 2.44 bits per heavy atom. The first-order valence-electron chi connectivity index (χ1n) is 13.8. The number of nitrogens with one attached hydrogen (secondary N) is 1. The molecular weight excluding hydrogens is 544 g/mol. The fraction of sp³-hybridized carbons (Fsp3) is 0.355. The van der Waals surface area contributed by atoms with Gasteiger partial charge in [0.15, 0.2) is 5.69 Å². The molecule has 9 nitrogen and oxygen atoms in total. The quantitative estimate of drug-likeness (QED) is 0.248. The van der Waals surface area contributed by atoms with E-state index in [9.17, 15) is 14.7 Å². The zero-order valence-corrected chi connectivity index (χ0v) is 24.1. The van der Waals surface area contributed by atoms with Gasteiger partial charge in [0, 0.05) is 22.2 Å². The number of amides is 1. The number of aromatic nitrogens is 3. The number of nitrogens with zero attached hydrogens (tertiary/aromatic N) is 3. The summed E-state index contributed by atoms with van der Waals surface area (Å²) in [6, 6.07) is 11.7. The molecule has 5 rings (SSSR count). The number of fused-ring (bicyclic) bond motifs is 1. The molecule has 0 spiro atoms. The van der Waals surface area contributed by atoms with Crippen LogP contribution >= 0.6 is 11.6 Å². The molecule has 1 aliphatic carbocycles. The summed E-state index contributed by atoms with van der Waals surface area (Å²) in [5, 5.41) is 19.0. The van der Waals surface area contributed by atoms with E-state index in [2.05, 4.69) is 10.3 Å². The minimum atomic E-state index is -1.04. The summed E-state index contributed by atoms with van der Waals surface area (Å²) < 4.78 is 13.2. The molecule has 0 bridgehead atoms. The molecule has 1 aliphatic rings. The molecule has 0 radical (unpaired) electrons. The van der Waals surface area contributed by atoms with Crippen molar-refractivity contribution in [2.45, 2.75) is 51.5 Å². The number of carboxylic acid groups (broad SMARTS) is 1. The number of hydrogen-bond acceptors (Lipinski definition) is 6. The number of methoxy groups -OCH3 is 2. The zero-order chi connectivity index (χ0) is 29.1. The fourth-order valence-corrected chi connectivity index (χ4v) is 6.00. The molecule has 0 saturated heterocycles. The number of carboxylic acids is 1. The van der Waals surface area contributed by atoms with Crippen LogP contribution in [0.2, 0.25) is 5.02 Å². The summed E-state index contributed by atoms with van der Waals surface area (Å²) in [7, 11) is 3.15. The van der Waals surface area contributed by atoms with Gasteiger partial charge in [0.05, 0.1) is 36.7 Å². The Hall–Kier alpha value is -4.11. The summed E-state index contributed by atoms with van der Waals surface area (Å²) >= 11 is 6.26. The number of ether oxygens (including phenoxy) is 2. The van der Waals surface area contributed by atoms with Crippen molar-refractivity contribution < 1.29 is 24.2 Å². The lowest BCUT2D eigenvalue weighted by atomic mass is 9.84. The predicted octanol–water partition coefficient (Wildman–Crippen LogP) is 6.08. The highest BCUT2D eigenvalue weighted by Crippen LogP contribution is 2.43. The van der Waals surface area contributed by atoms with Gasteiger partial charge in [-0.2, -0.15) is 5.10 Å². The smallest absolute Gasteiger partial charge is 0.326 e. The van der Waals surface area contributed by atoms with Crippen LogP contribution in [0.5, 0.6) is 11.5 Å². The van der Waals surface area contributed by atoms with Gasteiger partial charge in [-0.1, -0.05) is 43.9 Å². The minimum Gasteiger partial charge on any atom is -0.496 e. The van der Waals surface area contributed by atoms with Gasteiger partial charge in [-0.25, -0.2) is 9.48 Å². The molecular formula is C31H33ClN4O5. The zero-order valence-electron chi connectivity index (χ0n) is 23.3. The van der Waals surface area contributed by atoms with Crippen LogP contribution in [-0.4, -0.2) is 52.0 Å². The Morgan fingerprint density at radius 2 is 1.80 bits per heavy atom. The highest BCUT2D eigenvalue weighted by Gasteiger charge is 2.34. The van der Waals surface area contributed by atoms with Crippen molar-refractivity contribution in [3.63, 3.8) is 0 Å². The first-order chi connectivity index (χ1) is 19.9. The van der Waals surface area contributed by atoms with E-state index in [0.29, 0.717) is 51.0 Å². The van der Waals surface area contributed by atoms with E-state index in [-0.39, 0.29) is 11.6 Å². The van der Waals surface area contributed by atoms with E-state index in [0.717, 1.165) is 37.5 Å². The van der Waals surface area contributed by atoms with Crippen molar-refractivity contribution in [1.29, 1.82) is 0 Å². The first-order valence-corrected chi connectivity index (χ1v) is 14.2.